The maximum absolute atomic E-state index is 12.3. The summed E-state index contributed by atoms with van der Waals surface area (Å²) in [6.45, 7) is 5.42. The summed E-state index contributed by atoms with van der Waals surface area (Å²) >= 11 is 0. The Morgan fingerprint density at radius 1 is 1.22 bits per heavy atom. The molecule has 6 nitrogen and oxygen atoms in total. The average Bonchev–Trinajstić information content (AvgIpc) is 2.60. The number of hydrogen-bond donors (Lipinski definition) is 2. The summed E-state index contributed by atoms with van der Waals surface area (Å²) in [6, 6.07) is 9.09. The third-order valence-electron chi connectivity index (χ3n) is 4.04. The van der Waals surface area contributed by atoms with Gasteiger partial charge >= 0.3 is 0 Å². The van der Waals surface area contributed by atoms with Crippen molar-refractivity contribution in [3.63, 3.8) is 0 Å². The van der Waals surface area contributed by atoms with Crippen LogP contribution in [-0.4, -0.2) is 37.1 Å². The number of halogens is 2. The molecule has 1 amide bonds. The second kappa shape index (κ2) is 11.6. The first-order valence-electron chi connectivity index (χ1n) is 8.53. The fourth-order valence-corrected chi connectivity index (χ4v) is 2.51. The van der Waals surface area contributed by atoms with Gasteiger partial charge in [0.1, 0.15) is 6.61 Å². The molecule has 0 radical (unpaired) electrons. The minimum atomic E-state index is -0.0911. The summed E-state index contributed by atoms with van der Waals surface area (Å²) in [5.74, 6) is 1.62. The molecule has 3 rings (SSSR count). The van der Waals surface area contributed by atoms with Crippen LogP contribution < -0.4 is 20.1 Å². The van der Waals surface area contributed by atoms with Crippen molar-refractivity contribution in [2.75, 3.05) is 26.2 Å². The summed E-state index contributed by atoms with van der Waals surface area (Å²) in [5.41, 5.74) is 1.55. The summed E-state index contributed by atoms with van der Waals surface area (Å²) in [4.78, 5) is 16.4. The molecule has 0 saturated carbocycles. The highest BCUT2D eigenvalue weighted by Gasteiger charge is 2.18. The Morgan fingerprint density at radius 2 is 2.04 bits per heavy atom. The zero-order valence-corrected chi connectivity index (χ0v) is 16.8. The Balaban J connectivity index is 0.00000182. The van der Waals surface area contributed by atoms with Gasteiger partial charge in [-0.05, 0) is 31.2 Å². The van der Waals surface area contributed by atoms with Crippen LogP contribution in [0.15, 0.2) is 42.7 Å². The van der Waals surface area contributed by atoms with E-state index in [2.05, 4.69) is 15.6 Å². The van der Waals surface area contributed by atoms with E-state index in [4.69, 9.17) is 9.47 Å². The highest BCUT2D eigenvalue weighted by molar-refractivity contribution is 5.94. The van der Waals surface area contributed by atoms with Crippen molar-refractivity contribution in [2.45, 2.75) is 13.5 Å². The van der Waals surface area contributed by atoms with Crippen molar-refractivity contribution in [1.82, 2.24) is 15.6 Å². The van der Waals surface area contributed by atoms with E-state index in [-0.39, 0.29) is 30.7 Å². The van der Waals surface area contributed by atoms with Crippen molar-refractivity contribution in [3.8, 4) is 11.5 Å². The summed E-state index contributed by atoms with van der Waals surface area (Å²) in [5, 5.41) is 6.16. The Kier molecular flexibility index (Phi) is 9.93. The summed E-state index contributed by atoms with van der Waals surface area (Å²) in [6.07, 6.45) is 3.49. The van der Waals surface area contributed by atoms with Crippen LogP contribution in [0.1, 0.15) is 22.8 Å². The number of carbonyl (C=O) groups is 1. The van der Waals surface area contributed by atoms with Crippen molar-refractivity contribution < 1.29 is 14.3 Å². The van der Waals surface area contributed by atoms with Crippen LogP contribution in [0.4, 0.5) is 0 Å². The van der Waals surface area contributed by atoms with E-state index < -0.39 is 0 Å². The maximum Gasteiger partial charge on any atom is 0.251 e. The average molecular weight is 414 g/mol. The van der Waals surface area contributed by atoms with Crippen LogP contribution >= 0.6 is 24.8 Å². The lowest BCUT2D eigenvalue weighted by atomic mass is 10.0. The molecule has 8 heteroatoms. The Bertz CT molecular complexity index is 713. The number of aromatic nitrogens is 1. The quantitative estimate of drug-likeness (QED) is 0.695. The predicted octanol–water partition coefficient (Wildman–Crippen LogP) is 2.85. The van der Waals surface area contributed by atoms with Crippen LogP contribution in [0.5, 0.6) is 11.5 Å². The number of ether oxygens (including phenoxy) is 2. The Labute approximate surface area is 171 Å². The van der Waals surface area contributed by atoms with Gasteiger partial charge in [0.15, 0.2) is 11.5 Å². The molecule has 0 unspecified atom stereocenters. The van der Waals surface area contributed by atoms with Gasteiger partial charge in [-0.2, -0.15) is 0 Å². The lowest BCUT2D eigenvalue weighted by Gasteiger charge is -2.27. The number of hydrogen-bond acceptors (Lipinski definition) is 5. The molecule has 1 fully saturated rings. The SMILES string of the molecule is CCOc1cc(C(=O)NCC2CNC2)ccc1OCc1cccnc1.Cl.Cl. The molecule has 148 valence electrons. The van der Waals surface area contributed by atoms with Gasteiger partial charge in [-0.15, -0.1) is 24.8 Å². The van der Waals surface area contributed by atoms with Crippen molar-refractivity contribution >= 4 is 30.7 Å². The summed E-state index contributed by atoms with van der Waals surface area (Å²) < 4.78 is 11.5. The fourth-order valence-electron chi connectivity index (χ4n) is 2.51. The molecule has 0 bridgehead atoms. The van der Waals surface area contributed by atoms with Crippen LogP contribution in [0.3, 0.4) is 0 Å². The van der Waals surface area contributed by atoms with Gasteiger partial charge in [0.25, 0.3) is 5.91 Å². The monoisotopic (exact) mass is 413 g/mol. The van der Waals surface area contributed by atoms with E-state index >= 15 is 0 Å². The van der Waals surface area contributed by atoms with Crippen molar-refractivity contribution in [1.29, 1.82) is 0 Å². The van der Waals surface area contributed by atoms with Gasteiger partial charge < -0.3 is 20.1 Å². The molecule has 2 aromatic rings. The van der Waals surface area contributed by atoms with Crippen LogP contribution in [-0.2, 0) is 6.61 Å². The Hall–Kier alpha value is -2.02. The van der Waals surface area contributed by atoms with E-state index in [9.17, 15) is 4.79 Å². The molecule has 1 aliphatic rings. The van der Waals surface area contributed by atoms with Crippen molar-refractivity contribution in [3.05, 3.63) is 53.9 Å². The molecule has 2 N–H and O–H groups in total. The number of nitrogens with one attached hydrogen (secondary N) is 2. The number of nitrogens with zero attached hydrogens (tertiary/aromatic N) is 1. The molecule has 1 aromatic heterocycles. The van der Waals surface area contributed by atoms with E-state index in [1.807, 2.05) is 19.1 Å². The lowest BCUT2D eigenvalue weighted by Crippen LogP contribution is -2.48. The predicted molar refractivity (Wildman–Crippen MR) is 109 cm³/mol. The van der Waals surface area contributed by atoms with E-state index in [1.54, 1.807) is 30.6 Å². The second-order valence-electron chi connectivity index (χ2n) is 5.98. The number of carbonyl (C=O) groups excluding carboxylic acids is 1. The van der Waals surface area contributed by atoms with Crippen molar-refractivity contribution in [2.24, 2.45) is 5.92 Å². The highest BCUT2D eigenvalue weighted by Crippen LogP contribution is 2.29. The smallest absolute Gasteiger partial charge is 0.251 e. The zero-order valence-electron chi connectivity index (χ0n) is 15.1. The molecular weight excluding hydrogens is 389 g/mol. The fraction of sp³-hybridized carbons (Fsp3) is 0.368. The molecule has 1 saturated heterocycles. The van der Waals surface area contributed by atoms with Crippen LogP contribution in [0, 0.1) is 5.92 Å². The first-order chi connectivity index (χ1) is 12.3. The third-order valence-corrected chi connectivity index (χ3v) is 4.04. The molecule has 0 atom stereocenters. The first kappa shape index (κ1) is 23.0. The topological polar surface area (TPSA) is 72.5 Å². The molecular formula is C19H25Cl2N3O3. The van der Waals surface area contributed by atoms with Gasteiger partial charge in [-0.1, -0.05) is 6.07 Å². The van der Waals surface area contributed by atoms with Gasteiger partial charge in [-0.25, -0.2) is 0 Å². The van der Waals surface area contributed by atoms with Gasteiger partial charge in [0.05, 0.1) is 6.61 Å². The Morgan fingerprint density at radius 3 is 2.67 bits per heavy atom. The number of rotatable bonds is 8. The van der Waals surface area contributed by atoms with Gasteiger partial charge in [0, 0.05) is 49.1 Å². The molecule has 27 heavy (non-hydrogen) atoms. The van der Waals surface area contributed by atoms with Crippen LogP contribution in [0.25, 0.3) is 0 Å². The maximum atomic E-state index is 12.3. The minimum absolute atomic E-state index is 0. The van der Waals surface area contributed by atoms with Gasteiger partial charge in [0.2, 0.25) is 0 Å². The molecule has 0 spiro atoms. The van der Waals surface area contributed by atoms with Gasteiger partial charge in [-0.3, -0.25) is 9.78 Å². The molecule has 1 aromatic carbocycles. The zero-order chi connectivity index (χ0) is 17.5. The van der Waals surface area contributed by atoms with E-state index in [0.717, 1.165) is 18.7 Å². The second-order valence-corrected chi connectivity index (χ2v) is 5.98. The van der Waals surface area contributed by atoms with Crippen LogP contribution in [0.2, 0.25) is 0 Å². The largest absolute Gasteiger partial charge is 0.490 e. The molecule has 1 aliphatic heterocycles. The van der Waals surface area contributed by atoms with E-state index in [0.29, 0.717) is 42.7 Å². The molecule has 2 heterocycles. The third kappa shape index (κ3) is 6.57. The van der Waals surface area contributed by atoms with E-state index in [1.165, 1.54) is 0 Å². The number of benzene rings is 1. The lowest BCUT2D eigenvalue weighted by molar-refractivity contribution is 0.0941. The standard InChI is InChI=1S/C19H23N3O3.2ClH/c1-2-24-18-8-16(19(23)22-12-15-10-21-11-15)5-6-17(18)25-13-14-4-3-7-20-9-14;;/h3-9,15,21H,2,10-13H2,1H3,(H,22,23);2*1H. The number of amides is 1. The molecule has 0 aliphatic carbocycles. The first-order valence-corrected chi connectivity index (χ1v) is 8.53. The normalized spacial score (nSPS) is 12.8. The minimum Gasteiger partial charge on any atom is -0.490 e. The number of pyridine rings is 1. The highest BCUT2D eigenvalue weighted by atomic mass is 35.5. The summed E-state index contributed by atoms with van der Waals surface area (Å²) in [7, 11) is 0.